The van der Waals surface area contributed by atoms with Crippen molar-refractivity contribution in [3.05, 3.63) is 29.8 Å². The lowest BCUT2D eigenvalue weighted by molar-refractivity contribution is -0.0334. The van der Waals surface area contributed by atoms with E-state index in [1.54, 1.807) is 0 Å². The molecule has 2 rings (SSSR count). The minimum Gasteiger partial charge on any atom is -0.399 e. The van der Waals surface area contributed by atoms with Gasteiger partial charge in [0.1, 0.15) is 0 Å². The maximum Gasteiger partial charge on any atom is 0.0701 e. The Hall–Kier alpha value is -1.06. The van der Waals surface area contributed by atoms with Crippen molar-refractivity contribution in [2.24, 2.45) is 0 Å². The molecule has 0 amide bonds. The Kier molecular flexibility index (Phi) is 5.04. The molecule has 0 saturated carbocycles. The van der Waals surface area contributed by atoms with Crippen LogP contribution in [-0.2, 0) is 9.47 Å². The second-order valence-electron chi connectivity index (χ2n) is 3.14. The van der Waals surface area contributed by atoms with Gasteiger partial charge in [-0.2, -0.15) is 0 Å². The number of benzene rings is 1. The number of aryl methyl sites for hydroxylation is 1. The zero-order valence-corrected chi connectivity index (χ0v) is 8.53. The van der Waals surface area contributed by atoms with Gasteiger partial charge in [0.25, 0.3) is 0 Å². The molecule has 1 aliphatic rings. The summed E-state index contributed by atoms with van der Waals surface area (Å²) in [5.41, 5.74) is 7.51. The van der Waals surface area contributed by atoms with Crippen LogP contribution in [-0.4, -0.2) is 26.4 Å². The van der Waals surface area contributed by atoms with Crippen LogP contribution in [0, 0.1) is 6.92 Å². The Morgan fingerprint density at radius 2 is 1.36 bits per heavy atom. The summed E-state index contributed by atoms with van der Waals surface area (Å²) in [5.74, 6) is 0. The van der Waals surface area contributed by atoms with E-state index in [-0.39, 0.29) is 0 Å². The molecule has 1 saturated heterocycles. The molecule has 1 aliphatic heterocycles. The van der Waals surface area contributed by atoms with Crippen molar-refractivity contribution in [1.82, 2.24) is 0 Å². The Morgan fingerprint density at radius 3 is 1.64 bits per heavy atom. The smallest absolute Gasteiger partial charge is 0.0701 e. The van der Waals surface area contributed by atoms with Crippen molar-refractivity contribution in [1.29, 1.82) is 0 Å². The summed E-state index contributed by atoms with van der Waals surface area (Å²) in [5, 5.41) is 0. The van der Waals surface area contributed by atoms with Gasteiger partial charge in [-0.1, -0.05) is 17.7 Å². The SMILES string of the molecule is C1COCCO1.Cc1ccc(N)cc1. The van der Waals surface area contributed by atoms with E-state index in [1.165, 1.54) is 5.56 Å². The van der Waals surface area contributed by atoms with Gasteiger partial charge < -0.3 is 15.2 Å². The van der Waals surface area contributed by atoms with Gasteiger partial charge in [0, 0.05) is 5.69 Å². The Bertz CT molecular complexity index is 209. The van der Waals surface area contributed by atoms with Crippen LogP contribution in [0.5, 0.6) is 0 Å². The van der Waals surface area contributed by atoms with Crippen LogP contribution in [0.2, 0.25) is 0 Å². The first-order valence-corrected chi connectivity index (χ1v) is 4.76. The number of anilines is 1. The lowest BCUT2D eigenvalue weighted by atomic mass is 10.2. The van der Waals surface area contributed by atoms with Crippen LogP contribution < -0.4 is 5.73 Å². The van der Waals surface area contributed by atoms with Gasteiger partial charge in [-0.15, -0.1) is 0 Å². The zero-order chi connectivity index (χ0) is 10.2. The lowest BCUT2D eigenvalue weighted by Gasteiger charge is -2.09. The van der Waals surface area contributed by atoms with Crippen LogP contribution in [0.1, 0.15) is 5.56 Å². The molecule has 3 heteroatoms. The van der Waals surface area contributed by atoms with Crippen LogP contribution in [0.4, 0.5) is 5.69 Å². The second-order valence-corrected chi connectivity index (χ2v) is 3.14. The van der Waals surface area contributed by atoms with E-state index in [1.807, 2.05) is 31.2 Å². The third-order valence-corrected chi connectivity index (χ3v) is 1.82. The van der Waals surface area contributed by atoms with Gasteiger partial charge in [-0.3, -0.25) is 0 Å². The van der Waals surface area contributed by atoms with Crippen LogP contribution in [0.15, 0.2) is 24.3 Å². The molecule has 0 spiro atoms. The normalized spacial score (nSPS) is 15.5. The number of hydrogen-bond donors (Lipinski definition) is 1. The molecule has 14 heavy (non-hydrogen) atoms. The summed E-state index contributed by atoms with van der Waals surface area (Å²) in [6.07, 6.45) is 0. The fourth-order valence-corrected chi connectivity index (χ4v) is 1.01. The molecule has 0 unspecified atom stereocenters. The highest BCUT2D eigenvalue weighted by atomic mass is 16.6. The summed E-state index contributed by atoms with van der Waals surface area (Å²) in [6.45, 7) is 5.15. The van der Waals surface area contributed by atoms with E-state index in [0.29, 0.717) is 0 Å². The highest BCUT2D eigenvalue weighted by molar-refractivity contribution is 5.38. The summed E-state index contributed by atoms with van der Waals surface area (Å²) in [7, 11) is 0. The quantitative estimate of drug-likeness (QED) is 0.640. The van der Waals surface area contributed by atoms with Crippen molar-refractivity contribution in [2.45, 2.75) is 6.92 Å². The van der Waals surface area contributed by atoms with Gasteiger partial charge in [0.15, 0.2) is 0 Å². The minimum atomic E-state index is 0.778. The number of hydrogen-bond acceptors (Lipinski definition) is 3. The molecule has 0 aromatic heterocycles. The lowest BCUT2D eigenvalue weighted by Crippen LogP contribution is -2.16. The Balaban J connectivity index is 0.000000146. The molecule has 1 aromatic carbocycles. The predicted octanol–water partition coefficient (Wildman–Crippen LogP) is 1.61. The first kappa shape index (κ1) is 11.0. The number of nitrogens with two attached hydrogens (primary N) is 1. The molecule has 78 valence electrons. The van der Waals surface area contributed by atoms with Crippen LogP contribution in [0.3, 0.4) is 0 Å². The molecule has 0 radical (unpaired) electrons. The minimum absolute atomic E-state index is 0.778. The molecule has 0 atom stereocenters. The number of nitrogen functional groups attached to an aromatic ring is 1. The average molecular weight is 195 g/mol. The third-order valence-electron chi connectivity index (χ3n) is 1.82. The molecule has 1 fully saturated rings. The van der Waals surface area contributed by atoms with Crippen molar-refractivity contribution < 1.29 is 9.47 Å². The van der Waals surface area contributed by atoms with Gasteiger partial charge in [0.2, 0.25) is 0 Å². The zero-order valence-electron chi connectivity index (χ0n) is 8.53. The van der Waals surface area contributed by atoms with E-state index in [0.717, 1.165) is 32.1 Å². The maximum absolute atomic E-state index is 5.43. The first-order valence-electron chi connectivity index (χ1n) is 4.76. The van der Waals surface area contributed by atoms with Gasteiger partial charge in [0.05, 0.1) is 26.4 Å². The first-order chi connectivity index (χ1) is 6.79. The fraction of sp³-hybridized carbons (Fsp3) is 0.455. The molecule has 1 aromatic rings. The van der Waals surface area contributed by atoms with Gasteiger partial charge in [-0.05, 0) is 19.1 Å². The highest BCUT2D eigenvalue weighted by Gasteiger charge is 1.94. The molecule has 3 nitrogen and oxygen atoms in total. The molecule has 1 heterocycles. The van der Waals surface area contributed by atoms with Crippen molar-refractivity contribution >= 4 is 5.69 Å². The molecule has 0 bridgehead atoms. The Morgan fingerprint density at radius 1 is 0.929 bits per heavy atom. The van der Waals surface area contributed by atoms with E-state index >= 15 is 0 Å². The summed E-state index contributed by atoms with van der Waals surface area (Å²) in [4.78, 5) is 0. The average Bonchev–Trinajstić information content (AvgIpc) is 2.26. The summed E-state index contributed by atoms with van der Waals surface area (Å²) < 4.78 is 9.89. The predicted molar refractivity (Wildman–Crippen MR) is 57.2 cm³/mol. The fourth-order valence-electron chi connectivity index (χ4n) is 1.01. The van der Waals surface area contributed by atoms with Gasteiger partial charge in [-0.25, -0.2) is 0 Å². The van der Waals surface area contributed by atoms with Crippen molar-refractivity contribution in [3.8, 4) is 0 Å². The molecular weight excluding hydrogens is 178 g/mol. The van der Waals surface area contributed by atoms with E-state index in [9.17, 15) is 0 Å². The number of rotatable bonds is 0. The topological polar surface area (TPSA) is 44.5 Å². The molecular formula is C11H17NO2. The van der Waals surface area contributed by atoms with Crippen molar-refractivity contribution in [3.63, 3.8) is 0 Å². The largest absolute Gasteiger partial charge is 0.399 e. The highest BCUT2D eigenvalue weighted by Crippen LogP contribution is 2.02. The Labute approximate surface area is 84.8 Å². The summed E-state index contributed by atoms with van der Waals surface area (Å²) in [6, 6.07) is 7.79. The molecule has 0 aliphatic carbocycles. The van der Waals surface area contributed by atoms with Crippen LogP contribution >= 0.6 is 0 Å². The van der Waals surface area contributed by atoms with Crippen molar-refractivity contribution in [2.75, 3.05) is 32.2 Å². The second kappa shape index (κ2) is 6.40. The standard InChI is InChI=1S/C7H9N.C4H8O2/c1-6-2-4-7(8)5-3-6;1-2-6-4-3-5-1/h2-5H,8H2,1H3;1-4H2. The van der Waals surface area contributed by atoms with E-state index in [2.05, 4.69) is 0 Å². The maximum atomic E-state index is 5.43. The number of ether oxygens (including phenoxy) is 2. The molecule has 2 N–H and O–H groups in total. The van der Waals surface area contributed by atoms with Crippen LogP contribution in [0.25, 0.3) is 0 Å². The van der Waals surface area contributed by atoms with E-state index in [4.69, 9.17) is 15.2 Å². The monoisotopic (exact) mass is 195 g/mol. The van der Waals surface area contributed by atoms with E-state index < -0.39 is 0 Å². The third kappa shape index (κ3) is 4.84. The van der Waals surface area contributed by atoms with Gasteiger partial charge >= 0.3 is 0 Å². The summed E-state index contributed by atoms with van der Waals surface area (Å²) >= 11 is 0.